The van der Waals surface area contributed by atoms with E-state index in [9.17, 15) is 24.4 Å². The highest BCUT2D eigenvalue weighted by Crippen LogP contribution is 2.50. The summed E-state index contributed by atoms with van der Waals surface area (Å²) in [7, 11) is 0. The van der Waals surface area contributed by atoms with E-state index in [2.05, 4.69) is 0 Å². The number of hydrogen-bond donors (Lipinski definition) is 0. The summed E-state index contributed by atoms with van der Waals surface area (Å²) in [4.78, 5) is 46.1. The minimum Gasteiger partial charge on any atom is -0.455 e. The molecule has 0 aliphatic carbocycles. The molecule has 26 heavy (non-hydrogen) atoms. The first kappa shape index (κ1) is 22.1. The Labute approximate surface area is 159 Å². The van der Waals surface area contributed by atoms with E-state index < -0.39 is 51.7 Å². The van der Waals surface area contributed by atoms with Crippen LogP contribution in [0, 0.1) is 11.3 Å². The Morgan fingerprint density at radius 2 is 1.35 bits per heavy atom. The summed E-state index contributed by atoms with van der Waals surface area (Å²) in [6.45, 7) is 4.53. The summed E-state index contributed by atoms with van der Waals surface area (Å²) < 4.78 is 19.4. The van der Waals surface area contributed by atoms with Gasteiger partial charge in [-0.3, -0.25) is 19.2 Å². The molecule has 1 heterocycles. The van der Waals surface area contributed by atoms with Crippen molar-refractivity contribution in [1.82, 2.24) is 0 Å². The molecule has 0 amide bonds. The van der Waals surface area contributed by atoms with Crippen LogP contribution in [0.5, 0.6) is 0 Å². The number of ether oxygens (including phenoxy) is 4. The van der Waals surface area contributed by atoms with E-state index >= 15 is 0 Å². The first-order chi connectivity index (χ1) is 12.1. The van der Waals surface area contributed by atoms with Gasteiger partial charge in [0.15, 0.2) is 27.8 Å². The number of rotatable bonds is 5. The van der Waals surface area contributed by atoms with Crippen molar-refractivity contribution in [2.75, 3.05) is 6.26 Å². The second-order valence-electron chi connectivity index (χ2n) is 5.26. The maximum absolute atomic E-state index is 11.6. The van der Waals surface area contributed by atoms with Crippen molar-refractivity contribution in [3.8, 4) is 6.07 Å². The van der Waals surface area contributed by atoms with Crippen LogP contribution in [-0.2, 0) is 38.1 Å². The Balaban J connectivity index is 3.48. The molecule has 5 atom stereocenters. The van der Waals surface area contributed by atoms with Crippen LogP contribution >= 0.6 is 23.5 Å². The van der Waals surface area contributed by atoms with E-state index in [0.717, 1.165) is 51.2 Å². The van der Waals surface area contributed by atoms with Crippen LogP contribution in [0.15, 0.2) is 0 Å². The molecule has 9 nitrogen and oxygen atoms in total. The van der Waals surface area contributed by atoms with Gasteiger partial charge in [-0.05, 0) is 6.26 Å². The molecule has 0 aromatic rings. The Hall–Kier alpha value is -1.93. The average Bonchev–Trinajstić information content (AvgIpc) is 2.51. The summed E-state index contributed by atoms with van der Waals surface area (Å²) in [5.74, 6) is -2.86. The zero-order chi connectivity index (χ0) is 20.1. The molecule has 0 saturated carbocycles. The van der Waals surface area contributed by atoms with Crippen molar-refractivity contribution in [2.45, 2.75) is 55.5 Å². The Bertz CT molecular complexity index is 634. The fourth-order valence-corrected chi connectivity index (χ4v) is 4.78. The van der Waals surface area contributed by atoms with E-state index in [-0.39, 0.29) is 0 Å². The molecule has 0 radical (unpaired) electrons. The van der Waals surface area contributed by atoms with Gasteiger partial charge in [0.25, 0.3) is 0 Å². The molecule has 0 bridgehead atoms. The first-order valence-corrected chi connectivity index (χ1v) is 9.49. The second-order valence-corrected chi connectivity index (χ2v) is 7.91. The predicted octanol–water partition coefficient (Wildman–Crippen LogP) is 1.00. The van der Waals surface area contributed by atoms with Gasteiger partial charge in [0, 0.05) is 27.7 Å². The zero-order valence-corrected chi connectivity index (χ0v) is 16.5. The van der Waals surface area contributed by atoms with Crippen molar-refractivity contribution in [3.63, 3.8) is 0 Å². The molecule has 0 unspecified atom stereocenters. The Morgan fingerprint density at radius 3 is 1.73 bits per heavy atom. The highest BCUT2D eigenvalue weighted by molar-refractivity contribution is 8.18. The van der Waals surface area contributed by atoms with E-state index in [1.165, 1.54) is 0 Å². The Kier molecular flexibility index (Phi) is 7.77. The maximum Gasteiger partial charge on any atom is 0.303 e. The number of nitriles is 1. The topological polar surface area (TPSA) is 129 Å². The highest BCUT2D eigenvalue weighted by Gasteiger charge is 2.61. The van der Waals surface area contributed by atoms with Crippen molar-refractivity contribution < 1.29 is 38.1 Å². The molecule has 1 aliphatic rings. The van der Waals surface area contributed by atoms with Gasteiger partial charge >= 0.3 is 23.9 Å². The molecular weight excluding hydrogens is 386 g/mol. The van der Waals surface area contributed by atoms with E-state index in [4.69, 9.17) is 18.9 Å². The summed E-state index contributed by atoms with van der Waals surface area (Å²) >= 11 is 1.88. The number of carbonyl (C=O) groups excluding carboxylic acids is 4. The molecule has 0 spiro atoms. The first-order valence-electron chi connectivity index (χ1n) is 7.39. The maximum atomic E-state index is 11.6. The lowest BCUT2D eigenvalue weighted by Crippen LogP contribution is -2.62. The van der Waals surface area contributed by atoms with Gasteiger partial charge in [0.1, 0.15) is 0 Å². The lowest BCUT2D eigenvalue weighted by molar-refractivity contribution is -0.193. The van der Waals surface area contributed by atoms with Crippen molar-refractivity contribution >= 4 is 47.4 Å². The van der Waals surface area contributed by atoms with Crippen LogP contribution in [-0.4, -0.2) is 58.0 Å². The smallest absolute Gasteiger partial charge is 0.303 e. The van der Waals surface area contributed by atoms with Crippen LogP contribution in [0.3, 0.4) is 0 Å². The highest BCUT2D eigenvalue weighted by atomic mass is 32.2. The molecule has 11 heteroatoms. The molecular formula is C15H19NO8S2. The Morgan fingerprint density at radius 1 is 0.885 bits per heavy atom. The molecule has 1 rings (SSSR count). The normalized spacial score (nSPS) is 30.5. The summed E-state index contributed by atoms with van der Waals surface area (Å²) in [5, 5.41) is 9.73. The molecule has 144 valence electrons. The van der Waals surface area contributed by atoms with Gasteiger partial charge < -0.3 is 18.9 Å². The van der Waals surface area contributed by atoms with Gasteiger partial charge in [-0.25, -0.2) is 0 Å². The minimum absolute atomic E-state index is 0.680. The van der Waals surface area contributed by atoms with Gasteiger partial charge in [-0.2, -0.15) is 5.26 Å². The fourth-order valence-electron chi connectivity index (χ4n) is 2.36. The van der Waals surface area contributed by atoms with Gasteiger partial charge in [-0.15, -0.1) is 11.8 Å². The van der Waals surface area contributed by atoms with Crippen molar-refractivity contribution in [1.29, 1.82) is 5.26 Å². The molecule has 1 saturated heterocycles. The van der Waals surface area contributed by atoms with Gasteiger partial charge in [-0.1, -0.05) is 11.8 Å². The van der Waals surface area contributed by atoms with E-state index in [1.54, 1.807) is 6.26 Å². The minimum atomic E-state index is -1.46. The molecule has 0 N–H and O–H groups in total. The monoisotopic (exact) mass is 405 g/mol. The molecule has 0 aromatic heterocycles. The lowest BCUT2D eigenvalue weighted by atomic mass is 10.0. The second kappa shape index (κ2) is 9.14. The standard InChI is InChI=1S/C15H19NO8S2/c1-7(17)21-11-12(22-8(2)18)14(24-10(4)20)26-15(6-16,25-5)13(11)23-9(3)19/h11-14H,1-5H3/t11-,12+,13+,14+,15+/m1/s1. The predicted molar refractivity (Wildman–Crippen MR) is 91.7 cm³/mol. The van der Waals surface area contributed by atoms with Gasteiger partial charge in [0.2, 0.25) is 0 Å². The summed E-state index contributed by atoms with van der Waals surface area (Å²) in [5.41, 5.74) is -1.14. The summed E-state index contributed by atoms with van der Waals surface area (Å²) in [6, 6.07) is 2.03. The molecule has 1 fully saturated rings. The summed E-state index contributed by atoms with van der Waals surface area (Å²) in [6.07, 6.45) is -2.26. The number of carbonyl (C=O) groups is 4. The van der Waals surface area contributed by atoms with E-state index in [0.29, 0.717) is 0 Å². The van der Waals surface area contributed by atoms with Crippen molar-refractivity contribution in [3.05, 3.63) is 0 Å². The SMILES string of the molecule is CS[C@@]1(C#N)S[C@H](OC(C)=O)[C@@H](OC(C)=O)[C@@H](OC(C)=O)[C@@H]1OC(C)=O. The number of hydrogen-bond acceptors (Lipinski definition) is 11. The molecule has 0 aromatic carbocycles. The number of nitrogens with zero attached hydrogens (tertiary/aromatic N) is 1. The van der Waals surface area contributed by atoms with Crippen molar-refractivity contribution in [2.24, 2.45) is 0 Å². The van der Waals surface area contributed by atoms with Gasteiger partial charge in [0.05, 0.1) is 6.07 Å². The van der Waals surface area contributed by atoms with Crippen LogP contribution in [0.2, 0.25) is 0 Å². The fraction of sp³-hybridized carbons (Fsp3) is 0.667. The third kappa shape index (κ3) is 5.28. The number of thioether (sulfide) groups is 2. The van der Waals surface area contributed by atoms with Crippen LogP contribution in [0.25, 0.3) is 0 Å². The van der Waals surface area contributed by atoms with Crippen LogP contribution in [0.1, 0.15) is 27.7 Å². The van der Waals surface area contributed by atoms with Crippen LogP contribution in [0.4, 0.5) is 0 Å². The van der Waals surface area contributed by atoms with Crippen LogP contribution < -0.4 is 0 Å². The average molecular weight is 405 g/mol. The van der Waals surface area contributed by atoms with E-state index in [1.807, 2.05) is 6.07 Å². The lowest BCUT2D eigenvalue weighted by Gasteiger charge is -2.46. The largest absolute Gasteiger partial charge is 0.455 e. The third-order valence-corrected chi connectivity index (χ3v) is 6.18. The molecule has 1 aliphatic heterocycles. The number of esters is 4. The zero-order valence-electron chi connectivity index (χ0n) is 14.8. The quantitative estimate of drug-likeness (QED) is 0.479. The third-order valence-electron chi connectivity index (χ3n) is 3.19.